The molecule has 7 heteroatoms. The lowest BCUT2D eigenvalue weighted by Crippen LogP contribution is -2.40. The Kier molecular flexibility index (Phi) is 6.86. The number of nitrogens with one attached hydrogen (secondary N) is 2. The average Bonchev–Trinajstić information content (AvgIpc) is 3.24. The molecular weight excluding hydrogens is 468 g/mol. The van der Waals surface area contributed by atoms with Crippen molar-refractivity contribution in [3.63, 3.8) is 0 Å². The predicted molar refractivity (Wildman–Crippen MR) is 133 cm³/mol. The Morgan fingerprint density at radius 1 is 1.19 bits per heavy atom. The Labute approximate surface area is 198 Å². The van der Waals surface area contributed by atoms with E-state index in [-0.39, 0.29) is 11.8 Å². The van der Waals surface area contributed by atoms with Gasteiger partial charge in [-0.05, 0) is 69.1 Å². The van der Waals surface area contributed by atoms with Crippen molar-refractivity contribution in [2.75, 3.05) is 38.0 Å². The van der Waals surface area contributed by atoms with E-state index in [0.717, 1.165) is 90.2 Å². The molecule has 4 rings (SSSR count). The number of hydrogen-bond donors (Lipinski definition) is 2. The molecule has 2 aliphatic rings. The van der Waals surface area contributed by atoms with Crippen molar-refractivity contribution in [3.8, 4) is 0 Å². The third-order valence-electron chi connectivity index (χ3n) is 6.61. The zero-order valence-corrected chi connectivity index (χ0v) is 20.6. The second kappa shape index (κ2) is 9.63. The second-order valence-electron chi connectivity index (χ2n) is 8.50. The summed E-state index contributed by atoms with van der Waals surface area (Å²) in [5, 5.41) is 2.93. The molecule has 0 spiro atoms. The Hall–Kier alpha value is -2.38. The Morgan fingerprint density at radius 3 is 2.72 bits per heavy atom. The molecule has 0 radical (unpaired) electrons. The molecule has 0 saturated heterocycles. The summed E-state index contributed by atoms with van der Waals surface area (Å²) in [6.07, 6.45) is 4.78. The highest BCUT2D eigenvalue weighted by molar-refractivity contribution is 9.10. The number of aromatic nitrogens is 1. The highest BCUT2D eigenvalue weighted by atomic mass is 79.9. The summed E-state index contributed by atoms with van der Waals surface area (Å²) < 4.78 is 0.924. The SMILES string of the molecule is CCN(CC)CCN1CCCCc2[nH]c(C=C3C(=O)Nc4ccc(Br)cc43)c(C)c2C1=O. The topological polar surface area (TPSA) is 68.4 Å². The number of aryl methyl sites for hydroxylation is 1. The third-order valence-corrected chi connectivity index (χ3v) is 7.10. The number of anilines is 1. The Balaban J connectivity index is 1.67. The highest BCUT2D eigenvalue weighted by Gasteiger charge is 2.28. The van der Waals surface area contributed by atoms with Gasteiger partial charge in [0.15, 0.2) is 0 Å². The van der Waals surface area contributed by atoms with Gasteiger partial charge >= 0.3 is 0 Å². The lowest BCUT2D eigenvalue weighted by molar-refractivity contribution is -0.110. The smallest absolute Gasteiger partial charge is 0.256 e. The molecule has 0 saturated carbocycles. The van der Waals surface area contributed by atoms with Crippen LogP contribution in [0.1, 0.15) is 59.6 Å². The van der Waals surface area contributed by atoms with Crippen molar-refractivity contribution >= 4 is 45.1 Å². The number of aromatic amines is 1. The van der Waals surface area contributed by atoms with Gasteiger partial charge in [-0.2, -0.15) is 0 Å². The maximum Gasteiger partial charge on any atom is 0.256 e. The molecule has 0 bridgehead atoms. The van der Waals surface area contributed by atoms with Gasteiger partial charge in [0.2, 0.25) is 0 Å². The van der Waals surface area contributed by atoms with Crippen LogP contribution >= 0.6 is 15.9 Å². The van der Waals surface area contributed by atoms with Gasteiger partial charge < -0.3 is 20.1 Å². The first-order valence-electron chi connectivity index (χ1n) is 11.5. The number of nitrogens with zero attached hydrogens (tertiary/aromatic N) is 2. The number of halogens is 1. The van der Waals surface area contributed by atoms with Crippen LogP contribution in [0, 0.1) is 6.92 Å². The Morgan fingerprint density at radius 2 is 1.97 bits per heavy atom. The minimum atomic E-state index is -0.119. The summed E-state index contributed by atoms with van der Waals surface area (Å²) in [5.74, 6) is -0.0176. The molecule has 1 aromatic heterocycles. The number of likely N-dealkylation sites (N-methyl/N-ethyl adjacent to an activating group) is 1. The van der Waals surface area contributed by atoms with Gasteiger partial charge in [0.1, 0.15) is 0 Å². The fourth-order valence-corrected chi connectivity index (χ4v) is 4.99. The molecule has 0 fully saturated rings. The van der Waals surface area contributed by atoms with E-state index in [2.05, 4.69) is 45.0 Å². The number of carbonyl (C=O) groups is 2. The minimum absolute atomic E-state index is 0.101. The van der Waals surface area contributed by atoms with Gasteiger partial charge in [0, 0.05) is 46.7 Å². The van der Waals surface area contributed by atoms with E-state index >= 15 is 0 Å². The predicted octanol–water partition coefficient (Wildman–Crippen LogP) is 4.70. The van der Waals surface area contributed by atoms with E-state index < -0.39 is 0 Å². The first-order chi connectivity index (χ1) is 15.4. The summed E-state index contributed by atoms with van der Waals surface area (Å²) >= 11 is 3.50. The van der Waals surface area contributed by atoms with Crippen LogP contribution in [0.5, 0.6) is 0 Å². The van der Waals surface area contributed by atoms with E-state index in [1.165, 1.54) is 0 Å². The zero-order chi connectivity index (χ0) is 22.8. The number of benzene rings is 1. The fraction of sp³-hybridized carbons (Fsp3) is 0.440. The molecule has 170 valence electrons. The van der Waals surface area contributed by atoms with Crippen LogP contribution in [0.15, 0.2) is 22.7 Å². The fourth-order valence-electron chi connectivity index (χ4n) is 4.63. The second-order valence-corrected chi connectivity index (χ2v) is 9.41. The van der Waals surface area contributed by atoms with E-state index in [1.54, 1.807) is 0 Å². The van der Waals surface area contributed by atoms with Crippen molar-refractivity contribution in [2.45, 2.75) is 40.0 Å². The average molecular weight is 499 g/mol. The summed E-state index contributed by atoms with van der Waals surface area (Å²) in [6.45, 7) is 10.7. The largest absolute Gasteiger partial charge is 0.358 e. The molecule has 0 unspecified atom stereocenters. The standard InChI is InChI=1S/C25H31BrN4O2/c1-4-29(5-2)12-13-30-11-7-6-8-21-23(25(30)32)16(3)22(27-21)15-19-18-14-17(26)9-10-20(18)28-24(19)31/h9-10,14-15,27H,4-8,11-13H2,1-3H3,(H,28,31). The van der Waals surface area contributed by atoms with E-state index in [9.17, 15) is 9.59 Å². The highest BCUT2D eigenvalue weighted by Crippen LogP contribution is 2.36. The van der Waals surface area contributed by atoms with Crippen molar-refractivity contribution < 1.29 is 9.59 Å². The molecular formula is C25H31BrN4O2. The molecule has 2 N–H and O–H groups in total. The van der Waals surface area contributed by atoms with Gasteiger partial charge in [-0.3, -0.25) is 9.59 Å². The van der Waals surface area contributed by atoms with Crippen molar-refractivity contribution in [1.29, 1.82) is 0 Å². The van der Waals surface area contributed by atoms with Crippen LogP contribution in [0.4, 0.5) is 5.69 Å². The van der Waals surface area contributed by atoms with Gasteiger partial charge in [-0.1, -0.05) is 29.8 Å². The van der Waals surface area contributed by atoms with Crippen molar-refractivity contribution in [1.82, 2.24) is 14.8 Å². The van der Waals surface area contributed by atoms with Crippen LogP contribution in [0.25, 0.3) is 11.6 Å². The van der Waals surface area contributed by atoms with Crippen LogP contribution < -0.4 is 5.32 Å². The number of carbonyl (C=O) groups excluding carboxylic acids is 2. The van der Waals surface area contributed by atoms with Crippen molar-refractivity contribution in [3.05, 3.63) is 50.8 Å². The van der Waals surface area contributed by atoms with Crippen LogP contribution in [-0.2, 0) is 11.2 Å². The molecule has 6 nitrogen and oxygen atoms in total. The summed E-state index contributed by atoms with van der Waals surface area (Å²) in [7, 11) is 0. The molecule has 32 heavy (non-hydrogen) atoms. The number of H-pyrrole nitrogens is 1. The van der Waals surface area contributed by atoms with E-state index in [0.29, 0.717) is 5.57 Å². The monoisotopic (exact) mass is 498 g/mol. The van der Waals surface area contributed by atoms with E-state index in [1.807, 2.05) is 36.1 Å². The summed E-state index contributed by atoms with van der Waals surface area (Å²) in [6, 6.07) is 5.77. The molecule has 2 aliphatic heterocycles. The maximum absolute atomic E-state index is 13.5. The molecule has 3 heterocycles. The molecule has 0 aliphatic carbocycles. The van der Waals surface area contributed by atoms with Gasteiger partial charge in [0.05, 0.1) is 11.1 Å². The van der Waals surface area contributed by atoms with Crippen LogP contribution in [-0.4, -0.2) is 59.3 Å². The minimum Gasteiger partial charge on any atom is -0.358 e. The summed E-state index contributed by atoms with van der Waals surface area (Å²) in [4.78, 5) is 34.0. The first-order valence-corrected chi connectivity index (χ1v) is 12.3. The Bertz CT molecular complexity index is 1070. The van der Waals surface area contributed by atoms with Gasteiger partial charge in [0.25, 0.3) is 11.8 Å². The quantitative estimate of drug-likeness (QED) is 0.567. The third kappa shape index (κ3) is 4.41. The van der Waals surface area contributed by atoms with Gasteiger partial charge in [-0.15, -0.1) is 0 Å². The lowest BCUT2D eigenvalue weighted by atomic mass is 10.0. The maximum atomic E-state index is 13.5. The molecule has 2 aromatic rings. The zero-order valence-electron chi connectivity index (χ0n) is 19.1. The number of rotatable bonds is 6. The normalized spacial score (nSPS) is 17.4. The lowest BCUT2D eigenvalue weighted by Gasteiger charge is -2.28. The van der Waals surface area contributed by atoms with Gasteiger partial charge in [-0.25, -0.2) is 0 Å². The van der Waals surface area contributed by atoms with Crippen LogP contribution in [0.2, 0.25) is 0 Å². The summed E-state index contributed by atoms with van der Waals surface area (Å²) in [5.41, 5.74) is 5.83. The van der Waals surface area contributed by atoms with Crippen LogP contribution in [0.3, 0.4) is 0 Å². The molecule has 2 amide bonds. The van der Waals surface area contributed by atoms with E-state index in [4.69, 9.17) is 0 Å². The molecule has 1 aromatic carbocycles. The molecule has 0 atom stereocenters. The number of hydrogen-bond acceptors (Lipinski definition) is 3. The first kappa shape index (κ1) is 22.8. The number of amides is 2. The van der Waals surface area contributed by atoms with Crippen molar-refractivity contribution in [2.24, 2.45) is 0 Å². The number of fused-ring (bicyclic) bond motifs is 2.